The second kappa shape index (κ2) is 2.27. The standard InChI is InChI=1S/C13H18O/c1-14-7-13-5-3-2-4-8-10(13)6-9-11(8)12(9)13/h2-3,8-12H,4-7H2,1H3/t8?,9?,10?,11?,12?,13-/m0/s1. The first-order valence-electron chi connectivity index (χ1n) is 6.02. The number of hydrogen-bond donors (Lipinski definition) is 0. The number of allylic oxidation sites excluding steroid dienone is 2. The Morgan fingerprint density at radius 3 is 3.07 bits per heavy atom. The molecule has 0 spiro atoms. The molecule has 0 N–H and O–H groups in total. The molecule has 0 aliphatic heterocycles. The minimum atomic E-state index is 0.585. The molecule has 0 aromatic heterocycles. The summed E-state index contributed by atoms with van der Waals surface area (Å²) >= 11 is 0. The highest BCUT2D eigenvalue weighted by atomic mass is 16.5. The van der Waals surface area contributed by atoms with Crippen molar-refractivity contribution in [1.29, 1.82) is 0 Å². The van der Waals surface area contributed by atoms with Gasteiger partial charge in [-0.05, 0) is 48.9 Å². The minimum absolute atomic E-state index is 0.585. The minimum Gasteiger partial charge on any atom is -0.384 e. The number of hydrogen-bond acceptors (Lipinski definition) is 1. The Hall–Kier alpha value is -0.300. The Labute approximate surface area is 85.5 Å². The zero-order valence-electron chi connectivity index (χ0n) is 8.78. The average Bonchev–Trinajstić information content (AvgIpc) is 2.59. The van der Waals surface area contributed by atoms with Gasteiger partial charge in [-0.2, -0.15) is 0 Å². The highest BCUT2D eigenvalue weighted by Crippen LogP contribution is 2.82. The maximum absolute atomic E-state index is 5.52. The third-order valence-corrected chi connectivity index (χ3v) is 5.65. The fourth-order valence-electron chi connectivity index (χ4n) is 5.44. The molecule has 5 aliphatic rings. The van der Waals surface area contributed by atoms with Gasteiger partial charge < -0.3 is 4.74 Å². The summed E-state index contributed by atoms with van der Waals surface area (Å²) in [6.07, 6.45) is 9.08. The van der Waals surface area contributed by atoms with Gasteiger partial charge in [-0.1, -0.05) is 12.2 Å². The first kappa shape index (κ1) is 7.92. The average molecular weight is 190 g/mol. The van der Waals surface area contributed by atoms with Crippen molar-refractivity contribution in [3.05, 3.63) is 12.2 Å². The summed E-state index contributed by atoms with van der Waals surface area (Å²) in [5, 5.41) is 0. The van der Waals surface area contributed by atoms with Crippen molar-refractivity contribution in [2.45, 2.75) is 19.3 Å². The first-order valence-corrected chi connectivity index (χ1v) is 6.02. The maximum atomic E-state index is 5.52. The highest BCUT2D eigenvalue weighted by Gasteiger charge is 2.78. The van der Waals surface area contributed by atoms with Gasteiger partial charge in [0, 0.05) is 12.5 Å². The van der Waals surface area contributed by atoms with Crippen LogP contribution in [0.2, 0.25) is 0 Å². The van der Waals surface area contributed by atoms with Crippen LogP contribution in [0.3, 0.4) is 0 Å². The molecule has 6 atom stereocenters. The molecular formula is C13H18O. The van der Waals surface area contributed by atoms with Crippen molar-refractivity contribution in [3.8, 4) is 0 Å². The molecule has 0 amide bonds. The van der Waals surface area contributed by atoms with E-state index in [4.69, 9.17) is 4.74 Å². The van der Waals surface area contributed by atoms with Crippen LogP contribution in [0.25, 0.3) is 0 Å². The van der Waals surface area contributed by atoms with Crippen molar-refractivity contribution in [2.75, 3.05) is 13.7 Å². The molecule has 0 aromatic carbocycles. The summed E-state index contributed by atoms with van der Waals surface area (Å²) in [5.74, 6) is 5.33. The lowest BCUT2D eigenvalue weighted by Gasteiger charge is -2.32. The Morgan fingerprint density at radius 2 is 2.29 bits per heavy atom. The third kappa shape index (κ3) is 0.641. The zero-order chi connectivity index (χ0) is 9.34. The highest BCUT2D eigenvalue weighted by molar-refractivity contribution is 5.28. The van der Waals surface area contributed by atoms with Crippen LogP contribution in [-0.2, 0) is 4.74 Å². The second-order valence-corrected chi connectivity index (χ2v) is 5.85. The molecule has 0 heterocycles. The normalized spacial score (nSPS) is 61.6. The summed E-state index contributed by atoms with van der Waals surface area (Å²) in [4.78, 5) is 0. The van der Waals surface area contributed by atoms with Gasteiger partial charge in [-0.25, -0.2) is 0 Å². The lowest BCUT2D eigenvalue weighted by Crippen LogP contribution is -2.31. The molecule has 5 aliphatic carbocycles. The van der Waals surface area contributed by atoms with Gasteiger partial charge in [0.25, 0.3) is 0 Å². The lowest BCUT2D eigenvalue weighted by molar-refractivity contribution is 0.0446. The summed E-state index contributed by atoms with van der Waals surface area (Å²) in [7, 11) is 1.88. The van der Waals surface area contributed by atoms with Crippen LogP contribution in [-0.4, -0.2) is 13.7 Å². The summed E-state index contributed by atoms with van der Waals surface area (Å²) in [6.45, 7) is 1.02. The van der Waals surface area contributed by atoms with E-state index in [1.165, 1.54) is 19.3 Å². The molecule has 76 valence electrons. The Kier molecular flexibility index (Phi) is 1.28. The van der Waals surface area contributed by atoms with Gasteiger partial charge in [-0.3, -0.25) is 0 Å². The maximum Gasteiger partial charge on any atom is 0.0527 e. The fraction of sp³-hybridized carbons (Fsp3) is 0.846. The van der Waals surface area contributed by atoms with Crippen LogP contribution in [0.5, 0.6) is 0 Å². The van der Waals surface area contributed by atoms with Crippen LogP contribution in [0.4, 0.5) is 0 Å². The molecule has 4 fully saturated rings. The zero-order valence-corrected chi connectivity index (χ0v) is 8.78. The molecule has 1 nitrogen and oxygen atoms in total. The summed E-state index contributed by atoms with van der Waals surface area (Å²) in [6, 6.07) is 0. The van der Waals surface area contributed by atoms with E-state index >= 15 is 0 Å². The number of ether oxygens (including phenoxy) is 1. The van der Waals surface area contributed by atoms with Crippen molar-refractivity contribution in [3.63, 3.8) is 0 Å². The van der Waals surface area contributed by atoms with Gasteiger partial charge in [0.2, 0.25) is 0 Å². The number of rotatable bonds is 2. The van der Waals surface area contributed by atoms with Crippen LogP contribution in [0.1, 0.15) is 19.3 Å². The smallest absolute Gasteiger partial charge is 0.0527 e. The lowest BCUT2D eigenvalue weighted by atomic mass is 9.75. The number of methoxy groups -OCH3 is 1. The summed E-state index contributed by atoms with van der Waals surface area (Å²) in [5.41, 5.74) is 0.585. The molecule has 0 saturated heterocycles. The molecule has 5 unspecified atom stereocenters. The van der Waals surface area contributed by atoms with Gasteiger partial charge in [0.05, 0.1) is 6.61 Å². The molecule has 14 heavy (non-hydrogen) atoms. The molecule has 5 rings (SSSR count). The van der Waals surface area contributed by atoms with E-state index in [-0.39, 0.29) is 0 Å². The Morgan fingerprint density at radius 1 is 1.36 bits per heavy atom. The predicted octanol–water partition coefficient (Wildman–Crippen LogP) is 2.48. The SMILES string of the molecule is COC[C@@]12CC=CCC3C4C(CC31)C42. The monoisotopic (exact) mass is 190 g/mol. The molecule has 4 saturated carbocycles. The van der Waals surface area contributed by atoms with Crippen molar-refractivity contribution in [2.24, 2.45) is 35.0 Å². The van der Waals surface area contributed by atoms with Crippen LogP contribution in [0, 0.1) is 35.0 Å². The van der Waals surface area contributed by atoms with E-state index in [1.54, 1.807) is 0 Å². The first-order chi connectivity index (χ1) is 6.88. The van der Waals surface area contributed by atoms with Gasteiger partial charge >= 0.3 is 0 Å². The van der Waals surface area contributed by atoms with E-state index in [1.807, 2.05) is 7.11 Å². The summed E-state index contributed by atoms with van der Waals surface area (Å²) < 4.78 is 5.52. The van der Waals surface area contributed by atoms with Gasteiger partial charge in [0.1, 0.15) is 0 Å². The van der Waals surface area contributed by atoms with Crippen LogP contribution in [0.15, 0.2) is 12.2 Å². The quantitative estimate of drug-likeness (QED) is 0.608. The van der Waals surface area contributed by atoms with E-state index < -0.39 is 0 Å². The second-order valence-electron chi connectivity index (χ2n) is 5.85. The third-order valence-electron chi connectivity index (χ3n) is 5.65. The molecular weight excluding hydrogens is 172 g/mol. The van der Waals surface area contributed by atoms with Crippen LogP contribution < -0.4 is 0 Å². The van der Waals surface area contributed by atoms with E-state index in [0.717, 1.165) is 36.2 Å². The van der Waals surface area contributed by atoms with Gasteiger partial charge in [0.15, 0.2) is 0 Å². The van der Waals surface area contributed by atoms with E-state index in [9.17, 15) is 0 Å². The molecule has 0 aromatic rings. The molecule has 1 heteroatoms. The topological polar surface area (TPSA) is 9.23 Å². The van der Waals surface area contributed by atoms with E-state index in [0.29, 0.717) is 5.41 Å². The Balaban J connectivity index is 1.79. The van der Waals surface area contributed by atoms with Crippen molar-refractivity contribution >= 4 is 0 Å². The van der Waals surface area contributed by atoms with Crippen LogP contribution >= 0.6 is 0 Å². The van der Waals surface area contributed by atoms with Crippen molar-refractivity contribution < 1.29 is 4.74 Å². The largest absolute Gasteiger partial charge is 0.384 e. The fourth-order valence-corrected chi connectivity index (χ4v) is 5.44. The predicted molar refractivity (Wildman–Crippen MR) is 54.8 cm³/mol. The molecule has 6 bridgehead atoms. The van der Waals surface area contributed by atoms with E-state index in [2.05, 4.69) is 12.2 Å². The Bertz CT molecular complexity index is 308. The molecule has 0 radical (unpaired) electrons. The van der Waals surface area contributed by atoms with Crippen molar-refractivity contribution in [1.82, 2.24) is 0 Å². The van der Waals surface area contributed by atoms with Gasteiger partial charge in [-0.15, -0.1) is 0 Å².